The van der Waals surface area contributed by atoms with Gasteiger partial charge in [-0.15, -0.1) is 0 Å². The van der Waals surface area contributed by atoms with Gasteiger partial charge >= 0.3 is 0 Å². The molecule has 0 aliphatic carbocycles. The Labute approximate surface area is 105 Å². The van der Waals surface area contributed by atoms with E-state index in [9.17, 15) is 9.59 Å². The number of amides is 2. The third kappa shape index (κ3) is 1.67. The van der Waals surface area contributed by atoms with Crippen LogP contribution in [0.25, 0.3) is 0 Å². The molecule has 1 atom stereocenters. The summed E-state index contributed by atoms with van der Waals surface area (Å²) in [6.07, 6.45) is 0.898. The second-order valence-corrected chi connectivity index (χ2v) is 4.76. The van der Waals surface area contributed by atoms with E-state index in [0.717, 1.165) is 6.42 Å². The summed E-state index contributed by atoms with van der Waals surface area (Å²) < 4.78 is 5.26. The minimum Gasteiger partial charge on any atom is -0.399 e. The van der Waals surface area contributed by atoms with Crippen molar-refractivity contribution in [2.45, 2.75) is 6.42 Å². The van der Waals surface area contributed by atoms with Crippen LogP contribution in [0.2, 0.25) is 0 Å². The lowest BCUT2D eigenvalue weighted by Crippen LogP contribution is -2.34. The van der Waals surface area contributed by atoms with E-state index in [1.807, 2.05) is 0 Å². The fourth-order valence-corrected chi connectivity index (χ4v) is 2.46. The van der Waals surface area contributed by atoms with Crippen LogP contribution in [0.4, 0.5) is 5.69 Å². The van der Waals surface area contributed by atoms with Crippen LogP contribution >= 0.6 is 0 Å². The number of benzene rings is 1. The van der Waals surface area contributed by atoms with Crippen molar-refractivity contribution in [2.75, 3.05) is 25.5 Å². The molecule has 1 aromatic rings. The maximum Gasteiger partial charge on any atom is 0.261 e. The Kier molecular flexibility index (Phi) is 2.56. The summed E-state index contributed by atoms with van der Waals surface area (Å²) in [5, 5.41) is 0. The van der Waals surface area contributed by atoms with Crippen LogP contribution in [-0.4, -0.2) is 36.5 Å². The van der Waals surface area contributed by atoms with E-state index in [0.29, 0.717) is 36.6 Å². The van der Waals surface area contributed by atoms with Crippen LogP contribution in [0.5, 0.6) is 0 Å². The number of carbonyl (C=O) groups excluding carboxylic acids is 2. The zero-order chi connectivity index (χ0) is 12.7. The molecule has 1 saturated heterocycles. The third-order valence-electron chi connectivity index (χ3n) is 3.46. The van der Waals surface area contributed by atoms with Crippen molar-refractivity contribution >= 4 is 17.5 Å². The summed E-state index contributed by atoms with van der Waals surface area (Å²) in [5.74, 6) is -0.208. The van der Waals surface area contributed by atoms with Crippen molar-refractivity contribution in [3.8, 4) is 0 Å². The molecule has 1 unspecified atom stereocenters. The smallest absolute Gasteiger partial charge is 0.261 e. The van der Waals surface area contributed by atoms with E-state index < -0.39 is 0 Å². The highest BCUT2D eigenvalue weighted by molar-refractivity contribution is 6.21. The number of ether oxygens (including phenoxy) is 1. The number of carbonyl (C=O) groups is 2. The van der Waals surface area contributed by atoms with Gasteiger partial charge in [-0.05, 0) is 24.6 Å². The van der Waals surface area contributed by atoms with Crippen molar-refractivity contribution in [1.29, 1.82) is 0 Å². The normalized spacial score (nSPS) is 22.7. The maximum atomic E-state index is 12.2. The number of fused-ring (bicyclic) bond motifs is 1. The highest BCUT2D eigenvalue weighted by atomic mass is 16.5. The molecule has 2 heterocycles. The van der Waals surface area contributed by atoms with Gasteiger partial charge in [-0.25, -0.2) is 0 Å². The number of nitrogen functional groups attached to an aromatic ring is 1. The van der Waals surface area contributed by atoms with Crippen molar-refractivity contribution < 1.29 is 14.3 Å². The van der Waals surface area contributed by atoms with Gasteiger partial charge < -0.3 is 10.5 Å². The van der Waals surface area contributed by atoms with Gasteiger partial charge in [0, 0.05) is 24.8 Å². The van der Waals surface area contributed by atoms with Crippen LogP contribution in [0.3, 0.4) is 0 Å². The third-order valence-corrected chi connectivity index (χ3v) is 3.46. The highest BCUT2D eigenvalue weighted by Gasteiger charge is 2.37. The number of hydrogen-bond donors (Lipinski definition) is 1. The first-order valence-electron chi connectivity index (χ1n) is 6.00. The van der Waals surface area contributed by atoms with Gasteiger partial charge in [-0.3, -0.25) is 14.5 Å². The molecule has 0 bridgehead atoms. The minimum absolute atomic E-state index is 0.220. The first kappa shape index (κ1) is 11.2. The number of imide groups is 1. The summed E-state index contributed by atoms with van der Waals surface area (Å²) in [7, 11) is 0. The molecule has 2 aliphatic rings. The van der Waals surface area contributed by atoms with Gasteiger partial charge in [0.05, 0.1) is 17.7 Å². The van der Waals surface area contributed by atoms with E-state index in [4.69, 9.17) is 10.5 Å². The number of hydrogen-bond acceptors (Lipinski definition) is 4. The lowest BCUT2D eigenvalue weighted by Gasteiger charge is -2.17. The van der Waals surface area contributed by atoms with Crippen LogP contribution in [0.15, 0.2) is 18.2 Å². The fraction of sp³-hybridized carbons (Fsp3) is 0.385. The molecule has 3 rings (SSSR count). The summed E-state index contributed by atoms with van der Waals surface area (Å²) in [5.41, 5.74) is 7.01. The zero-order valence-electron chi connectivity index (χ0n) is 9.89. The van der Waals surface area contributed by atoms with E-state index >= 15 is 0 Å². The predicted octanol–water partition coefficient (Wildman–Crippen LogP) is 0.901. The monoisotopic (exact) mass is 246 g/mol. The maximum absolute atomic E-state index is 12.2. The van der Waals surface area contributed by atoms with Crippen molar-refractivity contribution in [1.82, 2.24) is 4.90 Å². The van der Waals surface area contributed by atoms with E-state index in [2.05, 4.69) is 0 Å². The van der Waals surface area contributed by atoms with Crippen LogP contribution in [-0.2, 0) is 4.74 Å². The van der Waals surface area contributed by atoms with Crippen LogP contribution in [0.1, 0.15) is 27.1 Å². The largest absolute Gasteiger partial charge is 0.399 e. The Morgan fingerprint density at radius 3 is 2.78 bits per heavy atom. The Bertz CT molecular complexity index is 521. The molecule has 2 N–H and O–H groups in total. The average molecular weight is 246 g/mol. The standard InChI is InChI=1S/C13H14N2O3/c14-9-1-2-10-11(5-9)13(17)15(12(10)16)6-8-3-4-18-7-8/h1-2,5,8H,3-4,6-7,14H2. The predicted molar refractivity (Wildman–Crippen MR) is 65.1 cm³/mol. The fourth-order valence-electron chi connectivity index (χ4n) is 2.46. The molecular weight excluding hydrogens is 232 g/mol. The van der Waals surface area contributed by atoms with Crippen molar-refractivity contribution in [3.63, 3.8) is 0 Å². The molecule has 5 heteroatoms. The molecule has 0 saturated carbocycles. The van der Waals surface area contributed by atoms with Gasteiger partial charge in [-0.2, -0.15) is 0 Å². The lowest BCUT2D eigenvalue weighted by atomic mass is 10.1. The minimum atomic E-state index is -0.241. The number of rotatable bonds is 2. The van der Waals surface area contributed by atoms with E-state index in [-0.39, 0.29) is 17.7 Å². The molecule has 5 nitrogen and oxygen atoms in total. The Morgan fingerprint density at radius 1 is 1.28 bits per heavy atom. The Hall–Kier alpha value is -1.88. The molecule has 2 amide bonds. The number of nitrogens with two attached hydrogens (primary N) is 1. The molecule has 1 fully saturated rings. The molecule has 0 radical (unpaired) electrons. The number of anilines is 1. The summed E-state index contributed by atoms with van der Waals surface area (Å²) in [4.78, 5) is 25.6. The van der Waals surface area contributed by atoms with Gasteiger partial charge in [-0.1, -0.05) is 0 Å². The van der Waals surface area contributed by atoms with E-state index in [1.54, 1.807) is 18.2 Å². The van der Waals surface area contributed by atoms with Gasteiger partial charge in [0.25, 0.3) is 11.8 Å². The summed E-state index contributed by atoms with van der Waals surface area (Å²) in [6.45, 7) is 1.77. The summed E-state index contributed by atoms with van der Waals surface area (Å²) >= 11 is 0. The van der Waals surface area contributed by atoms with E-state index in [1.165, 1.54) is 4.90 Å². The molecule has 2 aliphatic heterocycles. The summed E-state index contributed by atoms with van der Waals surface area (Å²) in [6, 6.07) is 4.84. The van der Waals surface area contributed by atoms with Gasteiger partial charge in [0.15, 0.2) is 0 Å². The quantitative estimate of drug-likeness (QED) is 0.621. The Balaban J connectivity index is 1.87. The zero-order valence-corrected chi connectivity index (χ0v) is 9.89. The molecule has 0 spiro atoms. The molecule has 1 aromatic carbocycles. The van der Waals surface area contributed by atoms with Crippen LogP contribution < -0.4 is 5.73 Å². The average Bonchev–Trinajstić information content (AvgIpc) is 2.93. The molecule has 94 valence electrons. The highest BCUT2D eigenvalue weighted by Crippen LogP contribution is 2.26. The van der Waals surface area contributed by atoms with Crippen molar-refractivity contribution in [3.05, 3.63) is 29.3 Å². The lowest BCUT2D eigenvalue weighted by molar-refractivity contribution is 0.0623. The topological polar surface area (TPSA) is 72.6 Å². The second-order valence-electron chi connectivity index (χ2n) is 4.76. The molecule has 18 heavy (non-hydrogen) atoms. The van der Waals surface area contributed by atoms with Crippen LogP contribution in [0, 0.1) is 5.92 Å². The molecular formula is C13H14N2O3. The number of nitrogens with zero attached hydrogens (tertiary/aromatic N) is 1. The van der Waals surface area contributed by atoms with Gasteiger partial charge in [0.1, 0.15) is 0 Å². The SMILES string of the molecule is Nc1ccc2c(c1)C(=O)N(CC1CCOC1)C2=O. The Morgan fingerprint density at radius 2 is 2.06 bits per heavy atom. The van der Waals surface area contributed by atoms with Crippen molar-refractivity contribution in [2.24, 2.45) is 5.92 Å². The second kappa shape index (κ2) is 4.10. The first-order chi connectivity index (χ1) is 8.66. The first-order valence-corrected chi connectivity index (χ1v) is 6.00. The van der Waals surface area contributed by atoms with Gasteiger partial charge in [0.2, 0.25) is 0 Å². The molecule has 0 aromatic heterocycles.